The molecule has 0 aromatic heterocycles. The smallest absolute Gasteiger partial charge is 0.176 e. The van der Waals surface area contributed by atoms with E-state index in [1.54, 1.807) is 6.92 Å². The third-order valence-electron chi connectivity index (χ3n) is 3.43. The second-order valence-corrected chi connectivity index (χ2v) is 5.14. The van der Waals surface area contributed by atoms with Crippen molar-refractivity contribution in [2.75, 3.05) is 0 Å². The van der Waals surface area contributed by atoms with Gasteiger partial charge in [-0.05, 0) is 30.6 Å². The maximum atomic E-state index is 10.4. The molecular formula is C13H22O2. The lowest BCUT2D eigenvalue weighted by molar-refractivity contribution is 0.00106. The first-order valence-electron chi connectivity index (χ1n) is 5.93. The average Bonchev–Trinajstić information content (AvgIpc) is 2.17. The van der Waals surface area contributed by atoms with Crippen LogP contribution in [0.25, 0.3) is 0 Å². The van der Waals surface area contributed by atoms with Crippen LogP contribution in [0.5, 0.6) is 0 Å². The summed E-state index contributed by atoms with van der Waals surface area (Å²) in [5.41, 5.74) is 0. The van der Waals surface area contributed by atoms with Gasteiger partial charge in [0.15, 0.2) is 11.7 Å². The van der Waals surface area contributed by atoms with Gasteiger partial charge in [-0.25, -0.2) is 4.79 Å². The van der Waals surface area contributed by atoms with Gasteiger partial charge in [-0.3, -0.25) is 0 Å². The molecule has 0 bridgehead atoms. The van der Waals surface area contributed by atoms with Crippen LogP contribution in [0.3, 0.4) is 0 Å². The number of ether oxygens (including phenoxy) is 1. The minimum Gasteiger partial charge on any atom is -0.483 e. The molecule has 0 spiro atoms. The van der Waals surface area contributed by atoms with Gasteiger partial charge in [0.2, 0.25) is 0 Å². The minimum atomic E-state index is 0.218. The SMILES string of the molecule is CC(=C=O)O[C@@H]1C[C@H](C)CC[C@H]1C(C)C. The summed E-state index contributed by atoms with van der Waals surface area (Å²) in [6, 6.07) is 0. The van der Waals surface area contributed by atoms with E-state index in [9.17, 15) is 4.79 Å². The fourth-order valence-corrected chi connectivity index (χ4v) is 2.50. The minimum absolute atomic E-state index is 0.218. The monoisotopic (exact) mass is 210 g/mol. The van der Waals surface area contributed by atoms with E-state index in [-0.39, 0.29) is 6.10 Å². The molecule has 0 aromatic carbocycles. The van der Waals surface area contributed by atoms with Crippen LogP contribution >= 0.6 is 0 Å². The third kappa shape index (κ3) is 3.39. The molecule has 1 rings (SSSR count). The summed E-state index contributed by atoms with van der Waals surface area (Å²) in [6.45, 7) is 8.42. The molecule has 15 heavy (non-hydrogen) atoms. The second kappa shape index (κ2) is 5.37. The largest absolute Gasteiger partial charge is 0.483 e. The summed E-state index contributed by atoms with van der Waals surface area (Å²) >= 11 is 0. The van der Waals surface area contributed by atoms with Crippen LogP contribution in [0.2, 0.25) is 0 Å². The molecule has 1 aliphatic rings. The van der Waals surface area contributed by atoms with Crippen LogP contribution < -0.4 is 0 Å². The lowest BCUT2D eigenvalue weighted by Crippen LogP contribution is -2.33. The van der Waals surface area contributed by atoms with Crippen molar-refractivity contribution in [3.8, 4) is 0 Å². The molecule has 3 atom stereocenters. The Morgan fingerprint density at radius 3 is 2.60 bits per heavy atom. The van der Waals surface area contributed by atoms with E-state index in [0.717, 1.165) is 6.42 Å². The van der Waals surface area contributed by atoms with Gasteiger partial charge in [0.25, 0.3) is 0 Å². The van der Waals surface area contributed by atoms with E-state index < -0.39 is 0 Å². The number of hydrogen-bond donors (Lipinski definition) is 0. The summed E-state index contributed by atoms with van der Waals surface area (Å²) in [7, 11) is 0. The van der Waals surface area contributed by atoms with Crippen molar-refractivity contribution >= 4 is 5.94 Å². The molecule has 2 heteroatoms. The summed E-state index contributed by atoms with van der Waals surface area (Å²) < 4.78 is 5.68. The molecule has 1 fully saturated rings. The van der Waals surface area contributed by atoms with Gasteiger partial charge in [-0.15, -0.1) is 0 Å². The topological polar surface area (TPSA) is 26.3 Å². The molecule has 0 aromatic rings. The molecule has 1 aliphatic carbocycles. The Bertz CT molecular complexity index is 251. The highest BCUT2D eigenvalue weighted by Crippen LogP contribution is 2.35. The Morgan fingerprint density at radius 2 is 2.07 bits per heavy atom. The maximum absolute atomic E-state index is 10.4. The number of carbonyl (C=O) groups excluding carboxylic acids is 1. The molecule has 0 heterocycles. The van der Waals surface area contributed by atoms with Crippen LogP contribution in [-0.4, -0.2) is 12.0 Å². The molecular weight excluding hydrogens is 188 g/mol. The van der Waals surface area contributed by atoms with Crippen molar-refractivity contribution < 1.29 is 9.53 Å². The fourth-order valence-electron chi connectivity index (χ4n) is 2.50. The van der Waals surface area contributed by atoms with Gasteiger partial charge < -0.3 is 4.74 Å². The first-order valence-corrected chi connectivity index (χ1v) is 5.93. The van der Waals surface area contributed by atoms with Gasteiger partial charge in [-0.1, -0.05) is 27.2 Å². The summed E-state index contributed by atoms with van der Waals surface area (Å²) in [6.07, 6.45) is 3.79. The zero-order chi connectivity index (χ0) is 11.4. The van der Waals surface area contributed by atoms with E-state index in [4.69, 9.17) is 4.74 Å². The molecule has 1 saturated carbocycles. The number of allylic oxidation sites excluding steroid dienone is 1. The Kier molecular flexibility index (Phi) is 4.41. The summed E-state index contributed by atoms with van der Waals surface area (Å²) in [4.78, 5) is 10.4. The first kappa shape index (κ1) is 12.3. The maximum Gasteiger partial charge on any atom is 0.176 e. The Balaban J connectivity index is 2.66. The van der Waals surface area contributed by atoms with Crippen LogP contribution in [0.15, 0.2) is 5.76 Å². The highest BCUT2D eigenvalue weighted by molar-refractivity contribution is 5.48. The van der Waals surface area contributed by atoms with Crippen LogP contribution in [0.4, 0.5) is 0 Å². The molecule has 0 radical (unpaired) electrons. The van der Waals surface area contributed by atoms with Gasteiger partial charge in [0, 0.05) is 6.92 Å². The third-order valence-corrected chi connectivity index (χ3v) is 3.43. The van der Waals surface area contributed by atoms with Crippen LogP contribution in [-0.2, 0) is 9.53 Å². The Labute approximate surface area is 92.7 Å². The fraction of sp³-hybridized carbons (Fsp3) is 0.846. The molecule has 0 saturated heterocycles. The molecule has 0 amide bonds. The highest BCUT2D eigenvalue weighted by Gasteiger charge is 2.32. The summed E-state index contributed by atoms with van der Waals surface area (Å²) in [5.74, 6) is 4.16. The van der Waals surface area contributed by atoms with E-state index in [1.807, 2.05) is 5.94 Å². The molecule has 86 valence electrons. The van der Waals surface area contributed by atoms with Gasteiger partial charge in [-0.2, -0.15) is 0 Å². The van der Waals surface area contributed by atoms with Gasteiger partial charge in [0.05, 0.1) is 0 Å². The lowest BCUT2D eigenvalue weighted by Gasteiger charge is -2.36. The van der Waals surface area contributed by atoms with Gasteiger partial charge in [0.1, 0.15) is 6.10 Å². The van der Waals surface area contributed by atoms with Crippen LogP contribution in [0, 0.1) is 17.8 Å². The summed E-state index contributed by atoms with van der Waals surface area (Å²) in [5, 5.41) is 0. The predicted octanol–water partition coefficient (Wildman–Crippen LogP) is 3.20. The second-order valence-electron chi connectivity index (χ2n) is 5.14. The zero-order valence-corrected chi connectivity index (χ0v) is 10.2. The number of hydrogen-bond acceptors (Lipinski definition) is 2. The lowest BCUT2D eigenvalue weighted by atomic mass is 9.75. The predicted molar refractivity (Wildman–Crippen MR) is 61.1 cm³/mol. The van der Waals surface area contributed by atoms with Crippen molar-refractivity contribution in [1.29, 1.82) is 0 Å². The zero-order valence-electron chi connectivity index (χ0n) is 10.2. The number of rotatable bonds is 3. The highest BCUT2D eigenvalue weighted by atomic mass is 16.5. The van der Waals surface area contributed by atoms with Crippen molar-refractivity contribution in [3.63, 3.8) is 0 Å². The van der Waals surface area contributed by atoms with Crippen molar-refractivity contribution in [3.05, 3.63) is 5.76 Å². The van der Waals surface area contributed by atoms with Crippen molar-refractivity contribution in [2.45, 2.75) is 53.1 Å². The van der Waals surface area contributed by atoms with E-state index in [1.165, 1.54) is 12.8 Å². The Hall–Kier alpha value is -0.750. The van der Waals surface area contributed by atoms with E-state index in [2.05, 4.69) is 20.8 Å². The quantitative estimate of drug-likeness (QED) is 0.528. The first-order chi connectivity index (χ1) is 7.04. The van der Waals surface area contributed by atoms with E-state index in [0.29, 0.717) is 23.5 Å². The molecule has 0 aliphatic heterocycles. The standard InChI is InChI=1S/C13H22O2/c1-9(2)12-6-5-10(3)7-13(12)15-11(4)8-14/h9-10,12-13H,5-7H2,1-4H3/t10-,12+,13-/m1/s1. The van der Waals surface area contributed by atoms with Crippen LogP contribution in [0.1, 0.15) is 47.0 Å². The average molecular weight is 210 g/mol. The van der Waals surface area contributed by atoms with Crippen molar-refractivity contribution in [1.82, 2.24) is 0 Å². The molecule has 0 N–H and O–H groups in total. The Morgan fingerprint density at radius 1 is 1.40 bits per heavy atom. The normalized spacial score (nSPS) is 31.1. The van der Waals surface area contributed by atoms with Crippen molar-refractivity contribution in [2.24, 2.45) is 17.8 Å². The van der Waals surface area contributed by atoms with E-state index >= 15 is 0 Å². The molecule has 2 nitrogen and oxygen atoms in total. The molecule has 0 unspecified atom stereocenters. The van der Waals surface area contributed by atoms with Gasteiger partial charge >= 0.3 is 0 Å².